The lowest BCUT2D eigenvalue weighted by atomic mass is 9.90. The minimum Gasteiger partial charge on any atom is -0.342 e. The first kappa shape index (κ1) is 33.6. The summed E-state index contributed by atoms with van der Waals surface area (Å²) in [6.45, 7) is 15.0. The summed E-state index contributed by atoms with van der Waals surface area (Å²) in [5, 5.41) is 0. The van der Waals surface area contributed by atoms with Gasteiger partial charge in [0, 0.05) is 32.1 Å². The first-order valence-electron chi connectivity index (χ1n) is 17.6. The molecule has 2 heterocycles. The van der Waals surface area contributed by atoms with Crippen LogP contribution in [0.3, 0.4) is 0 Å². The maximum Gasteiger partial charge on any atom is 0.225 e. The van der Waals surface area contributed by atoms with Crippen LogP contribution in [0.5, 0.6) is 0 Å². The normalized spacial score (nSPS) is 21.2. The number of carbonyl (C=O) groups excluding carboxylic acids is 1. The molecule has 2 aliphatic rings. The van der Waals surface area contributed by atoms with Gasteiger partial charge in [0.05, 0.1) is 0 Å². The molecule has 0 saturated carbocycles. The molecule has 4 atom stereocenters. The van der Waals surface area contributed by atoms with E-state index in [4.69, 9.17) is 0 Å². The highest BCUT2D eigenvalue weighted by molar-refractivity contribution is 5.79. The van der Waals surface area contributed by atoms with Crippen molar-refractivity contribution < 1.29 is 4.79 Å². The van der Waals surface area contributed by atoms with Gasteiger partial charge in [0.15, 0.2) is 0 Å². The summed E-state index contributed by atoms with van der Waals surface area (Å²) < 4.78 is 0. The topological polar surface area (TPSA) is 23.6 Å². The number of nitrogens with zero attached hydrogens (tertiary/aromatic N) is 2. The molecule has 0 N–H and O–H groups in total. The second-order valence-corrected chi connectivity index (χ2v) is 13.3. The molecule has 38 heavy (non-hydrogen) atoms. The summed E-state index contributed by atoms with van der Waals surface area (Å²) in [4.78, 5) is 18.6. The van der Waals surface area contributed by atoms with Gasteiger partial charge < -0.3 is 9.80 Å². The van der Waals surface area contributed by atoms with Crippen molar-refractivity contribution in [3.8, 4) is 0 Å². The van der Waals surface area contributed by atoms with Crippen molar-refractivity contribution in [3.63, 3.8) is 0 Å². The minimum atomic E-state index is 0.292. The van der Waals surface area contributed by atoms with Crippen LogP contribution in [0.4, 0.5) is 0 Å². The molecule has 0 spiro atoms. The molecule has 2 saturated heterocycles. The summed E-state index contributed by atoms with van der Waals surface area (Å²) >= 11 is 0. The van der Waals surface area contributed by atoms with Crippen LogP contribution in [-0.2, 0) is 4.79 Å². The molecule has 3 nitrogen and oxygen atoms in total. The van der Waals surface area contributed by atoms with Crippen LogP contribution in [-0.4, -0.2) is 48.4 Å². The molecule has 0 radical (unpaired) electrons. The molecule has 0 aromatic carbocycles. The fourth-order valence-corrected chi connectivity index (χ4v) is 7.32. The largest absolute Gasteiger partial charge is 0.342 e. The second-order valence-electron chi connectivity index (χ2n) is 13.3. The molecule has 0 bridgehead atoms. The predicted octanol–water partition coefficient (Wildman–Crippen LogP) is 9.88. The standard InChI is InChI=1S/C35H68N2O/c1-5-9-13-15-18-22-31(21-16-11-7-3)23-20-26-36-27-33-29-37(30-34(33)28-36)35(38)32(24-17-12-8-4)25-19-14-10-6-2/h31-34H,5-30H2,1-4H3. The maximum absolute atomic E-state index is 13.5. The van der Waals surface area contributed by atoms with Crippen LogP contribution in [0.2, 0.25) is 0 Å². The van der Waals surface area contributed by atoms with Crippen LogP contribution < -0.4 is 0 Å². The van der Waals surface area contributed by atoms with E-state index in [9.17, 15) is 4.79 Å². The van der Waals surface area contributed by atoms with Crippen LogP contribution in [0, 0.1) is 23.7 Å². The summed E-state index contributed by atoms with van der Waals surface area (Å²) in [5.41, 5.74) is 0. The lowest BCUT2D eigenvalue weighted by molar-refractivity contribution is -0.135. The van der Waals surface area contributed by atoms with Gasteiger partial charge in [-0.15, -0.1) is 0 Å². The number of unbranched alkanes of at least 4 members (excludes halogenated alkanes) is 11. The second kappa shape index (κ2) is 21.2. The molecule has 2 fully saturated rings. The molecule has 2 aliphatic heterocycles. The quantitative estimate of drug-likeness (QED) is 0.115. The van der Waals surface area contributed by atoms with Gasteiger partial charge in [-0.05, 0) is 50.0 Å². The molecule has 224 valence electrons. The van der Waals surface area contributed by atoms with E-state index >= 15 is 0 Å². The molecule has 0 aromatic rings. The SMILES string of the molecule is CCCCCCCC(CCCCC)CCCN1CC2CN(C(=O)C(CCCCC)CCCCCC)CC2C1. The lowest BCUT2D eigenvalue weighted by Gasteiger charge is -2.26. The number of likely N-dealkylation sites (tertiary alicyclic amines) is 2. The van der Waals surface area contributed by atoms with E-state index in [1.165, 1.54) is 142 Å². The zero-order valence-corrected chi connectivity index (χ0v) is 26.5. The Morgan fingerprint density at radius 3 is 1.55 bits per heavy atom. The van der Waals surface area contributed by atoms with Crippen LogP contribution >= 0.6 is 0 Å². The lowest BCUT2D eigenvalue weighted by Crippen LogP contribution is -2.37. The average Bonchev–Trinajstić information content (AvgIpc) is 3.48. The van der Waals surface area contributed by atoms with Crippen molar-refractivity contribution in [2.75, 3.05) is 32.7 Å². The summed E-state index contributed by atoms with van der Waals surface area (Å²) in [5.74, 6) is 3.22. The monoisotopic (exact) mass is 533 g/mol. The molecule has 1 amide bonds. The third kappa shape index (κ3) is 13.2. The van der Waals surface area contributed by atoms with Crippen molar-refractivity contribution in [1.29, 1.82) is 0 Å². The Balaban J connectivity index is 1.72. The Bertz CT molecular complexity index is 564. The maximum atomic E-state index is 13.5. The Morgan fingerprint density at radius 1 is 0.553 bits per heavy atom. The van der Waals surface area contributed by atoms with Crippen LogP contribution in [0.25, 0.3) is 0 Å². The van der Waals surface area contributed by atoms with Crippen molar-refractivity contribution in [2.24, 2.45) is 23.7 Å². The number of carbonyl (C=O) groups is 1. The van der Waals surface area contributed by atoms with E-state index in [0.717, 1.165) is 43.7 Å². The zero-order chi connectivity index (χ0) is 27.4. The van der Waals surface area contributed by atoms with Crippen molar-refractivity contribution >= 4 is 5.91 Å². The molecule has 3 heteroatoms. The molecular weight excluding hydrogens is 464 g/mol. The zero-order valence-electron chi connectivity index (χ0n) is 26.5. The summed E-state index contributed by atoms with van der Waals surface area (Å²) in [7, 11) is 0. The van der Waals surface area contributed by atoms with Crippen LogP contribution in [0.15, 0.2) is 0 Å². The third-order valence-electron chi connectivity index (χ3n) is 9.80. The van der Waals surface area contributed by atoms with E-state index in [-0.39, 0.29) is 0 Å². The Morgan fingerprint density at radius 2 is 0.974 bits per heavy atom. The van der Waals surface area contributed by atoms with Gasteiger partial charge in [-0.2, -0.15) is 0 Å². The average molecular weight is 533 g/mol. The van der Waals surface area contributed by atoms with Gasteiger partial charge in [0.1, 0.15) is 0 Å². The number of hydrogen-bond acceptors (Lipinski definition) is 2. The highest BCUT2D eigenvalue weighted by Crippen LogP contribution is 2.34. The first-order valence-corrected chi connectivity index (χ1v) is 17.6. The van der Waals surface area contributed by atoms with Gasteiger partial charge >= 0.3 is 0 Å². The van der Waals surface area contributed by atoms with E-state index in [2.05, 4.69) is 37.5 Å². The molecule has 0 aliphatic carbocycles. The fraction of sp³-hybridized carbons (Fsp3) is 0.971. The minimum absolute atomic E-state index is 0.292. The third-order valence-corrected chi connectivity index (χ3v) is 9.80. The van der Waals surface area contributed by atoms with Crippen molar-refractivity contribution in [3.05, 3.63) is 0 Å². The smallest absolute Gasteiger partial charge is 0.225 e. The van der Waals surface area contributed by atoms with Crippen LogP contribution in [0.1, 0.15) is 163 Å². The van der Waals surface area contributed by atoms with Gasteiger partial charge in [-0.1, -0.05) is 137 Å². The first-order chi connectivity index (χ1) is 18.6. The van der Waals surface area contributed by atoms with Gasteiger partial charge in [0.25, 0.3) is 0 Å². The van der Waals surface area contributed by atoms with Crippen molar-refractivity contribution in [2.45, 2.75) is 163 Å². The Kier molecular flexibility index (Phi) is 18.8. The predicted molar refractivity (Wildman–Crippen MR) is 167 cm³/mol. The number of rotatable bonds is 24. The Hall–Kier alpha value is -0.570. The summed E-state index contributed by atoms with van der Waals surface area (Å²) in [6.07, 6.45) is 28.2. The van der Waals surface area contributed by atoms with E-state index in [0.29, 0.717) is 11.8 Å². The van der Waals surface area contributed by atoms with Gasteiger partial charge in [-0.25, -0.2) is 0 Å². The molecule has 4 unspecified atom stereocenters. The van der Waals surface area contributed by atoms with E-state index in [1.54, 1.807) is 0 Å². The molecule has 0 aromatic heterocycles. The van der Waals surface area contributed by atoms with Gasteiger partial charge in [-0.3, -0.25) is 4.79 Å². The fourth-order valence-electron chi connectivity index (χ4n) is 7.32. The number of hydrogen-bond donors (Lipinski definition) is 0. The summed E-state index contributed by atoms with van der Waals surface area (Å²) in [6, 6.07) is 0. The Labute approximate surface area is 239 Å². The van der Waals surface area contributed by atoms with Crippen molar-refractivity contribution in [1.82, 2.24) is 9.80 Å². The molecule has 2 rings (SSSR count). The number of amides is 1. The number of fused-ring (bicyclic) bond motifs is 1. The van der Waals surface area contributed by atoms with E-state index in [1.807, 2.05) is 0 Å². The van der Waals surface area contributed by atoms with E-state index < -0.39 is 0 Å². The highest BCUT2D eigenvalue weighted by Gasteiger charge is 2.42. The molecular formula is C35H68N2O. The highest BCUT2D eigenvalue weighted by atomic mass is 16.2. The van der Waals surface area contributed by atoms with Gasteiger partial charge in [0.2, 0.25) is 5.91 Å².